The number of hydrogen-bond acceptors (Lipinski definition) is 4. The highest BCUT2D eigenvalue weighted by Crippen LogP contribution is 2.14. The van der Waals surface area contributed by atoms with Crippen molar-refractivity contribution in [2.45, 2.75) is 33.9 Å². The molecular formula is C16H21N2O4+. The molecular weight excluding hydrogens is 284 g/mol. The molecule has 1 aromatic heterocycles. The molecule has 1 aromatic carbocycles. The number of aromatic nitrogens is 2. The van der Waals surface area contributed by atoms with Gasteiger partial charge in [-0.3, -0.25) is 0 Å². The molecule has 0 aliphatic heterocycles. The van der Waals surface area contributed by atoms with Gasteiger partial charge in [0.25, 0.3) is 5.82 Å². The summed E-state index contributed by atoms with van der Waals surface area (Å²) in [4.78, 5) is 23.6. The van der Waals surface area contributed by atoms with Gasteiger partial charge in [-0.15, -0.1) is 0 Å². The molecule has 0 spiro atoms. The number of benzene rings is 1. The maximum atomic E-state index is 11.8. The Morgan fingerprint density at radius 2 is 1.73 bits per heavy atom. The lowest BCUT2D eigenvalue weighted by Crippen LogP contribution is -2.41. The van der Waals surface area contributed by atoms with Crippen LogP contribution in [0.1, 0.15) is 19.7 Å². The van der Waals surface area contributed by atoms with E-state index in [0.717, 1.165) is 16.9 Å². The lowest BCUT2D eigenvalue weighted by Gasteiger charge is -2.02. The topological polar surface area (TPSA) is 61.4 Å². The van der Waals surface area contributed by atoms with Crippen molar-refractivity contribution < 1.29 is 23.6 Å². The number of nitrogens with zero attached hydrogens (tertiary/aromatic N) is 2. The number of para-hydroxylation sites is 2. The summed E-state index contributed by atoms with van der Waals surface area (Å²) in [6.07, 6.45) is 0. The minimum absolute atomic E-state index is 0.121. The molecule has 0 bridgehead atoms. The van der Waals surface area contributed by atoms with Gasteiger partial charge in [-0.05, 0) is 26.0 Å². The maximum Gasteiger partial charge on any atom is 0.348 e. The second kappa shape index (κ2) is 7.06. The third-order valence-electron chi connectivity index (χ3n) is 3.43. The van der Waals surface area contributed by atoms with Crippen LogP contribution in [0, 0.1) is 6.92 Å². The molecule has 0 fully saturated rings. The monoisotopic (exact) mass is 305 g/mol. The average molecular weight is 305 g/mol. The van der Waals surface area contributed by atoms with Crippen LogP contribution < -0.4 is 4.57 Å². The highest BCUT2D eigenvalue weighted by molar-refractivity contribution is 5.77. The minimum atomic E-state index is -0.297. The first-order chi connectivity index (χ1) is 10.6. The van der Waals surface area contributed by atoms with E-state index in [1.807, 2.05) is 40.3 Å². The van der Waals surface area contributed by atoms with Crippen LogP contribution in [0.5, 0.6) is 0 Å². The third kappa shape index (κ3) is 3.27. The van der Waals surface area contributed by atoms with Crippen molar-refractivity contribution in [2.75, 3.05) is 13.2 Å². The second-order valence-corrected chi connectivity index (χ2v) is 4.82. The molecule has 0 radical (unpaired) electrons. The Morgan fingerprint density at radius 1 is 1.09 bits per heavy atom. The smallest absolute Gasteiger partial charge is 0.348 e. The molecule has 2 rings (SSSR count). The molecule has 0 aliphatic rings. The Bertz CT molecular complexity index is 634. The summed E-state index contributed by atoms with van der Waals surface area (Å²) >= 11 is 0. The molecule has 0 amide bonds. The zero-order chi connectivity index (χ0) is 16.1. The van der Waals surface area contributed by atoms with Crippen molar-refractivity contribution in [2.24, 2.45) is 0 Å². The number of ether oxygens (including phenoxy) is 2. The first-order valence-corrected chi connectivity index (χ1v) is 7.37. The third-order valence-corrected chi connectivity index (χ3v) is 3.43. The summed E-state index contributed by atoms with van der Waals surface area (Å²) in [5.41, 5.74) is 1.77. The number of rotatable bonds is 6. The van der Waals surface area contributed by atoms with E-state index in [1.165, 1.54) is 0 Å². The van der Waals surface area contributed by atoms with E-state index in [1.54, 1.807) is 13.8 Å². The number of fused-ring (bicyclic) bond motifs is 1. The second-order valence-electron chi connectivity index (χ2n) is 4.82. The normalized spacial score (nSPS) is 10.7. The van der Waals surface area contributed by atoms with Crippen molar-refractivity contribution >= 4 is 23.0 Å². The van der Waals surface area contributed by atoms with E-state index >= 15 is 0 Å². The molecule has 22 heavy (non-hydrogen) atoms. The fourth-order valence-corrected chi connectivity index (χ4v) is 2.49. The highest BCUT2D eigenvalue weighted by atomic mass is 16.5. The van der Waals surface area contributed by atoms with Crippen LogP contribution in [0.2, 0.25) is 0 Å². The predicted molar refractivity (Wildman–Crippen MR) is 80.1 cm³/mol. The van der Waals surface area contributed by atoms with E-state index in [4.69, 9.17) is 9.47 Å². The van der Waals surface area contributed by atoms with E-state index in [9.17, 15) is 9.59 Å². The summed E-state index contributed by atoms with van der Waals surface area (Å²) in [7, 11) is 0. The van der Waals surface area contributed by atoms with Gasteiger partial charge in [0.2, 0.25) is 0 Å². The first-order valence-electron chi connectivity index (χ1n) is 7.37. The fraction of sp³-hybridized carbons (Fsp3) is 0.438. The molecule has 0 aliphatic carbocycles. The standard InChI is InChI=1S/C16H21N2O4/c1-4-21-15(19)10-17-12(3)18(11-16(20)22-5-2)14-9-7-6-8-13(14)17/h6-9H,4-5,10-11H2,1-3H3/q+1. The molecule has 0 N–H and O–H groups in total. The van der Waals surface area contributed by atoms with Crippen LogP contribution in [0.4, 0.5) is 0 Å². The van der Waals surface area contributed by atoms with Gasteiger partial charge >= 0.3 is 11.9 Å². The number of imidazole rings is 1. The Morgan fingerprint density at radius 3 is 2.41 bits per heavy atom. The number of esters is 2. The Kier molecular flexibility index (Phi) is 5.14. The predicted octanol–water partition coefficient (Wildman–Crippen LogP) is 1.36. The van der Waals surface area contributed by atoms with E-state index in [-0.39, 0.29) is 25.0 Å². The zero-order valence-corrected chi connectivity index (χ0v) is 13.2. The molecule has 2 aromatic rings. The molecule has 0 unspecified atom stereocenters. The molecule has 0 saturated carbocycles. The lowest BCUT2D eigenvalue weighted by molar-refractivity contribution is -0.667. The fourth-order valence-electron chi connectivity index (χ4n) is 2.49. The highest BCUT2D eigenvalue weighted by Gasteiger charge is 2.25. The summed E-state index contributed by atoms with van der Waals surface area (Å²) in [5, 5.41) is 0. The van der Waals surface area contributed by atoms with Crippen molar-refractivity contribution in [3.63, 3.8) is 0 Å². The number of hydrogen-bond donors (Lipinski definition) is 0. The SMILES string of the molecule is CCOC(=O)Cn1c(C)[n+](CC(=O)OCC)c2ccccc21. The van der Waals surface area contributed by atoms with Crippen molar-refractivity contribution in [1.82, 2.24) is 4.57 Å². The van der Waals surface area contributed by atoms with E-state index in [2.05, 4.69) is 0 Å². The molecule has 0 atom stereocenters. The van der Waals surface area contributed by atoms with Crippen LogP contribution in [-0.2, 0) is 32.2 Å². The van der Waals surface area contributed by atoms with Crippen LogP contribution >= 0.6 is 0 Å². The van der Waals surface area contributed by atoms with Crippen molar-refractivity contribution in [1.29, 1.82) is 0 Å². The first kappa shape index (κ1) is 16.0. The molecule has 1 heterocycles. The lowest BCUT2D eigenvalue weighted by atomic mass is 10.3. The molecule has 0 saturated heterocycles. The van der Waals surface area contributed by atoms with Crippen LogP contribution in [-0.4, -0.2) is 29.7 Å². The van der Waals surface area contributed by atoms with Crippen molar-refractivity contribution in [3.05, 3.63) is 30.1 Å². The summed E-state index contributed by atoms with van der Waals surface area (Å²) in [6.45, 7) is 6.36. The summed E-state index contributed by atoms with van der Waals surface area (Å²) in [6, 6.07) is 7.64. The Labute approximate surface area is 129 Å². The van der Waals surface area contributed by atoms with Gasteiger partial charge in [-0.2, -0.15) is 0 Å². The molecule has 6 heteroatoms. The van der Waals surface area contributed by atoms with Crippen LogP contribution in [0.3, 0.4) is 0 Å². The van der Waals surface area contributed by atoms with Gasteiger partial charge in [-0.1, -0.05) is 12.1 Å². The van der Waals surface area contributed by atoms with Gasteiger partial charge in [-0.25, -0.2) is 18.7 Å². The van der Waals surface area contributed by atoms with Crippen LogP contribution in [0.15, 0.2) is 24.3 Å². The largest absolute Gasteiger partial charge is 0.463 e. The summed E-state index contributed by atoms with van der Waals surface area (Å²) in [5.74, 6) is 0.214. The number of carbonyl (C=O) groups excluding carboxylic acids is 2. The Hall–Kier alpha value is -2.37. The summed E-state index contributed by atoms with van der Waals surface area (Å²) < 4.78 is 13.7. The van der Waals surface area contributed by atoms with Crippen molar-refractivity contribution in [3.8, 4) is 0 Å². The zero-order valence-electron chi connectivity index (χ0n) is 13.2. The average Bonchev–Trinajstić information content (AvgIpc) is 2.74. The van der Waals surface area contributed by atoms with Gasteiger partial charge in [0.15, 0.2) is 24.1 Å². The van der Waals surface area contributed by atoms with Crippen LogP contribution in [0.25, 0.3) is 11.0 Å². The van der Waals surface area contributed by atoms with Gasteiger partial charge in [0.05, 0.1) is 13.2 Å². The Balaban J connectivity index is 2.42. The van der Waals surface area contributed by atoms with Gasteiger partial charge < -0.3 is 9.47 Å². The number of carbonyl (C=O) groups is 2. The maximum absolute atomic E-state index is 11.8. The quantitative estimate of drug-likeness (QED) is 0.597. The van der Waals surface area contributed by atoms with Gasteiger partial charge in [0, 0.05) is 6.92 Å². The van der Waals surface area contributed by atoms with Gasteiger partial charge in [0.1, 0.15) is 0 Å². The molecule has 6 nitrogen and oxygen atoms in total. The minimum Gasteiger partial charge on any atom is -0.463 e. The molecule has 118 valence electrons. The van der Waals surface area contributed by atoms with E-state index in [0.29, 0.717) is 13.2 Å². The van der Waals surface area contributed by atoms with E-state index < -0.39 is 0 Å².